The summed E-state index contributed by atoms with van der Waals surface area (Å²) in [4.78, 5) is -0.431. The Bertz CT molecular complexity index is 1020. The Balaban J connectivity index is 1.82. The van der Waals surface area contributed by atoms with E-state index < -0.39 is 47.4 Å². The third-order valence-electron chi connectivity index (χ3n) is 4.76. The summed E-state index contributed by atoms with van der Waals surface area (Å²) in [6.45, 7) is 2.10. The average molecular weight is 412 g/mol. The zero-order chi connectivity index (χ0) is 19.7. The summed E-state index contributed by atoms with van der Waals surface area (Å²) in [5.41, 5.74) is 1.67. The summed E-state index contributed by atoms with van der Waals surface area (Å²) in [6.07, 6.45) is 0.642. The third-order valence-corrected chi connectivity index (χ3v) is 8.92. The molecule has 27 heavy (non-hydrogen) atoms. The number of aryl methyl sites for hydroxylation is 1. The molecule has 0 radical (unpaired) electrons. The standard InChI is InChI=1S/C19H22FNO4S2/c1-14-7-8-16(20)18(11-14)27(24,25)19-13-26(22,23)12-17(19)21-10-9-15-5-3-2-4-6-15/h2-8,11,17,19,21H,9-10,12-13H2,1H3/t17-,19-/m0/s1. The Morgan fingerprint density at radius 2 is 1.81 bits per heavy atom. The smallest absolute Gasteiger partial charge is 0.186 e. The van der Waals surface area contributed by atoms with Gasteiger partial charge in [0.1, 0.15) is 10.7 Å². The fraction of sp³-hybridized carbons (Fsp3) is 0.368. The van der Waals surface area contributed by atoms with Crippen molar-refractivity contribution in [2.24, 2.45) is 0 Å². The van der Waals surface area contributed by atoms with Crippen LogP contribution in [0.15, 0.2) is 53.4 Å². The molecule has 0 amide bonds. The molecule has 8 heteroatoms. The van der Waals surface area contributed by atoms with Gasteiger partial charge < -0.3 is 5.32 Å². The number of hydrogen-bond donors (Lipinski definition) is 1. The minimum Gasteiger partial charge on any atom is -0.311 e. The van der Waals surface area contributed by atoms with E-state index in [-0.39, 0.29) is 5.75 Å². The van der Waals surface area contributed by atoms with Gasteiger partial charge >= 0.3 is 0 Å². The van der Waals surface area contributed by atoms with Gasteiger partial charge in [-0.05, 0) is 43.1 Å². The van der Waals surface area contributed by atoms with Crippen molar-refractivity contribution in [2.75, 3.05) is 18.1 Å². The van der Waals surface area contributed by atoms with Crippen LogP contribution >= 0.6 is 0 Å². The molecule has 0 aromatic heterocycles. The lowest BCUT2D eigenvalue weighted by molar-refractivity contribution is 0.520. The fourth-order valence-corrected chi connectivity index (χ4v) is 8.22. The summed E-state index contributed by atoms with van der Waals surface area (Å²) in [5.74, 6) is -1.61. The van der Waals surface area contributed by atoms with E-state index in [1.807, 2.05) is 30.3 Å². The van der Waals surface area contributed by atoms with Crippen molar-refractivity contribution in [2.45, 2.75) is 29.5 Å². The first-order valence-electron chi connectivity index (χ1n) is 8.67. The van der Waals surface area contributed by atoms with Gasteiger partial charge in [-0.25, -0.2) is 21.2 Å². The van der Waals surface area contributed by atoms with Crippen LogP contribution in [-0.4, -0.2) is 46.2 Å². The molecule has 0 aliphatic carbocycles. The number of halogens is 1. The van der Waals surface area contributed by atoms with Crippen molar-refractivity contribution in [3.05, 3.63) is 65.5 Å². The van der Waals surface area contributed by atoms with Crippen LogP contribution in [0.3, 0.4) is 0 Å². The number of nitrogens with one attached hydrogen (secondary N) is 1. The van der Waals surface area contributed by atoms with Gasteiger partial charge in [0.15, 0.2) is 19.7 Å². The molecule has 0 bridgehead atoms. The lowest BCUT2D eigenvalue weighted by Crippen LogP contribution is -2.44. The average Bonchev–Trinajstić information content (AvgIpc) is 2.93. The highest BCUT2D eigenvalue weighted by molar-refractivity contribution is 7.96. The summed E-state index contributed by atoms with van der Waals surface area (Å²) in [6, 6.07) is 12.7. The van der Waals surface area contributed by atoms with Gasteiger partial charge in [0.05, 0.1) is 16.8 Å². The van der Waals surface area contributed by atoms with E-state index in [0.29, 0.717) is 18.5 Å². The predicted octanol–water partition coefficient (Wildman–Crippen LogP) is 1.91. The maximum Gasteiger partial charge on any atom is 0.186 e. The summed E-state index contributed by atoms with van der Waals surface area (Å²) < 4.78 is 64.4. The lowest BCUT2D eigenvalue weighted by Gasteiger charge is -2.20. The molecule has 0 spiro atoms. The molecular formula is C19H22FNO4S2. The fourth-order valence-electron chi connectivity index (χ4n) is 3.35. The van der Waals surface area contributed by atoms with Crippen molar-refractivity contribution in [1.82, 2.24) is 5.32 Å². The Morgan fingerprint density at radius 3 is 2.52 bits per heavy atom. The molecule has 1 aliphatic rings. The minimum absolute atomic E-state index is 0.265. The second-order valence-electron chi connectivity index (χ2n) is 6.89. The molecule has 1 N–H and O–H groups in total. The van der Waals surface area contributed by atoms with Crippen LogP contribution < -0.4 is 5.32 Å². The highest BCUT2D eigenvalue weighted by atomic mass is 32.2. The van der Waals surface area contributed by atoms with Crippen molar-refractivity contribution < 1.29 is 21.2 Å². The van der Waals surface area contributed by atoms with Crippen molar-refractivity contribution in [3.63, 3.8) is 0 Å². The highest BCUT2D eigenvalue weighted by Crippen LogP contribution is 2.28. The Labute approximate surface area is 159 Å². The molecule has 3 rings (SSSR count). The third kappa shape index (κ3) is 4.56. The molecule has 1 fully saturated rings. The molecule has 5 nitrogen and oxygen atoms in total. The van der Waals surface area contributed by atoms with E-state index in [2.05, 4.69) is 5.32 Å². The number of benzene rings is 2. The highest BCUT2D eigenvalue weighted by Gasteiger charge is 2.46. The largest absolute Gasteiger partial charge is 0.311 e. The van der Waals surface area contributed by atoms with Gasteiger partial charge in [-0.3, -0.25) is 0 Å². The van der Waals surface area contributed by atoms with E-state index in [9.17, 15) is 21.2 Å². The van der Waals surface area contributed by atoms with Crippen molar-refractivity contribution in [3.8, 4) is 0 Å². The Hall–Kier alpha value is -1.77. The molecule has 146 valence electrons. The van der Waals surface area contributed by atoms with Gasteiger partial charge in [-0.15, -0.1) is 0 Å². The normalized spacial score (nSPS) is 22.0. The van der Waals surface area contributed by atoms with Crippen LogP contribution in [0, 0.1) is 12.7 Å². The zero-order valence-electron chi connectivity index (χ0n) is 14.9. The van der Waals surface area contributed by atoms with Crippen molar-refractivity contribution >= 4 is 19.7 Å². The van der Waals surface area contributed by atoms with E-state index in [0.717, 1.165) is 11.6 Å². The summed E-state index contributed by atoms with van der Waals surface area (Å²) >= 11 is 0. The maximum atomic E-state index is 14.2. The van der Waals surface area contributed by atoms with E-state index >= 15 is 0 Å². The Kier molecular flexibility index (Phi) is 5.69. The first kappa shape index (κ1) is 20.0. The molecular weight excluding hydrogens is 389 g/mol. The second-order valence-corrected chi connectivity index (χ2v) is 11.2. The van der Waals surface area contributed by atoms with Gasteiger partial charge in [0.25, 0.3) is 0 Å². The van der Waals surface area contributed by atoms with Crippen molar-refractivity contribution in [1.29, 1.82) is 0 Å². The van der Waals surface area contributed by atoms with Gasteiger partial charge in [0, 0.05) is 6.04 Å². The molecule has 2 atom stereocenters. The van der Waals surface area contributed by atoms with E-state index in [4.69, 9.17) is 0 Å². The molecule has 0 saturated carbocycles. The zero-order valence-corrected chi connectivity index (χ0v) is 16.6. The quantitative estimate of drug-likeness (QED) is 0.785. The monoisotopic (exact) mass is 411 g/mol. The second kappa shape index (κ2) is 7.69. The topological polar surface area (TPSA) is 80.3 Å². The molecule has 0 unspecified atom stereocenters. The van der Waals surface area contributed by atoms with Gasteiger partial charge in [-0.2, -0.15) is 0 Å². The van der Waals surface area contributed by atoms with Crippen LogP contribution in [0.2, 0.25) is 0 Å². The van der Waals surface area contributed by atoms with Crippen LogP contribution in [0.1, 0.15) is 11.1 Å². The molecule has 2 aromatic carbocycles. The molecule has 1 saturated heterocycles. The van der Waals surface area contributed by atoms with Crippen LogP contribution in [-0.2, 0) is 26.1 Å². The SMILES string of the molecule is Cc1ccc(F)c(S(=O)(=O)[C@H]2CS(=O)(=O)C[C@@H]2NCCc2ccccc2)c1. The Morgan fingerprint density at radius 1 is 1.11 bits per heavy atom. The first-order valence-corrected chi connectivity index (χ1v) is 12.0. The summed E-state index contributed by atoms with van der Waals surface area (Å²) in [7, 11) is -7.64. The lowest BCUT2D eigenvalue weighted by atomic mass is 10.1. The van der Waals surface area contributed by atoms with Gasteiger partial charge in [0.2, 0.25) is 0 Å². The predicted molar refractivity (Wildman–Crippen MR) is 103 cm³/mol. The molecule has 1 heterocycles. The van der Waals surface area contributed by atoms with Crippen LogP contribution in [0.25, 0.3) is 0 Å². The van der Waals surface area contributed by atoms with E-state index in [1.54, 1.807) is 6.92 Å². The first-order chi connectivity index (χ1) is 12.7. The van der Waals surface area contributed by atoms with E-state index in [1.165, 1.54) is 12.1 Å². The van der Waals surface area contributed by atoms with Crippen LogP contribution in [0.4, 0.5) is 4.39 Å². The van der Waals surface area contributed by atoms with Crippen LogP contribution in [0.5, 0.6) is 0 Å². The number of hydrogen-bond acceptors (Lipinski definition) is 5. The maximum absolute atomic E-state index is 14.2. The van der Waals surface area contributed by atoms with Gasteiger partial charge in [-0.1, -0.05) is 36.4 Å². The minimum atomic E-state index is -4.12. The number of sulfone groups is 2. The molecule has 2 aromatic rings. The number of rotatable bonds is 6. The molecule has 1 aliphatic heterocycles. The summed E-state index contributed by atoms with van der Waals surface area (Å²) in [5, 5.41) is 1.87.